The van der Waals surface area contributed by atoms with Crippen molar-refractivity contribution >= 4 is 5.96 Å². The van der Waals surface area contributed by atoms with Gasteiger partial charge in [-0.2, -0.15) is 0 Å². The second-order valence-electron chi connectivity index (χ2n) is 4.21. The van der Waals surface area contributed by atoms with Crippen molar-refractivity contribution in [2.75, 3.05) is 33.2 Å². The number of nitrogens with zero attached hydrogens (tertiary/aromatic N) is 3. The van der Waals surface area contributed by atoms with Crippen molar-refractivity contribution in [1.82, 2.24) is 9.80 Å². The van der Waals surface area contributed by atoms with E-state index in [2.05, 4.69) is 14.8 Å². The molecule has 4 nitrogen and oxygen atoms in total. The highest BCUT2D eigenvalue weighted by Gasteiger charge is 2.28. The van der Waals surface area contributed by atoms with Crippen molar-refractivity contribution in [2.45, 2.75) is 25.3 Å². The molecule has 14 heavy (non-hydrogen) atoms. The molecule has 0 spiro atoms. The Bertz CT molecular complexity index is 226. The smallest absolute Gasteiger partial charge is 0.191 e. The molecule has 2 heterocycles. The lowest BCUT2D eigenvalue weighted by Crippen LogP contribution is -2.43. The molecule has 0 aromatic carbocycles. The van der Waals surface area contributed by atoms with Gasteiger partial charge in [-0.05, 0) is 25.8 Å². The third kappa shape index (κ3) is 1.85. The first-order valence-electron chi connectivity index (χ1n) is 5.52. The summed E-state index contributed by atoms with van der Waals surface area (Å²) >= 11 is 0. The summed E-state index contributed by atoms with van der Waals surface area (Å²) in [4.78, 5) is 8.90. The van der Waals surface area contributed by atoms with Crippen LogP contribution in [0.15, 0.2) is 4.99 Å². The van der Waals surface area contributed by atoms with Gasteiger partial charge in [-0.25, -0.2) is 0 Å². The Kier molecular flexibility index (Phi) is 2.91. The number of rotatable bonds is 0. The number of nitrogens with two attached hydrogens (primary N) is 1. The van der Waals surface area contributed by atoms with Gasteiger partial charge in [0.1, 0.15) is 0 Å². The third-order valence-electron chi connectivity index (χ3n) is 3.36. The minimum atomic E-state index is 0.707. The fraction of sp³-hybridized carbons (Fsp3) is 0.900. The maximum Gasteiger partial charge on any atom is 0.191 e. The van der Waals surface area contributed by atoms with Gasteiger partial charge in [-0.1, -0.05) is 0 Å². The predicted molar refractivity (Wildman–Crippen MR) is 58.3 cm³/mol. The van der Waals surface area contributed by atoms with Gasteiger partial charge < -0.3 is 10.6 Å². The van der Waals surface area contributed by atoms with Crippen LogP contribution in [0.2, 0.25) is 0 Å². The molecule has 0 aromatic heterocycles. The largest absolute Gasteiger partial charge is 0.370 e. The van der Waals surface area contributed by atoms with Crippen molar-refractivity contribution in [3.05, 3.63) is 0 Å². The second-order valence-corrected chi connectivity index (χ2v) is 4.21. The molecule has 2 aliphatic heterocycles. The molecule has 80 valence electrons. The molecule has 0 bridgehead atoms. The lowest BCUT2D eigenvalue weighted by Gasteiger charge is -2.26. The van der Waals surface area contributed by atoms with Crippen molar-refractivity contribution < 1.29 is 0 Å². The van der Waals surface area contributed by atoms with E-state index in [0.717, 1.165) is 19.1 Å². The normalized spacial score (nSPS) is 30.2. The quantitative estimate of drug-likeness (QED) is 0.441. The zero-order valence-electron chi connectivity index (χ0n) is 8.95. The highest BCUT2D eigenvalue weighted by Crippen LogP contribution is 2.20. The van der Waals surface area contributed by atoms with Crippen LogP contribution in [0.4, 0.5) is 0 Å². The number of guanidine groups is 1. The summed E-state index contributed by atoms with van der Waals surface area (Å²) in [5.74, 6) is 0.707. The van der Waals surface area contributed by atoms with Crippen LogP contribution in [0, 0.1) is 0 Å². The Morgan fingerprint density at radius 1 is 1.29 bits per heavy atom. The molecule has 1 atom stereocenters. The van der Waals surface area contributed by atoms with Crippen LogP contribution in [0.1, 0.15) is 19.3 Å². The molecule has 2 aliphatic rings. The van der Waals surface area contributed by atoms with Gasteiger partial charge in [0.25, 0.3) is 0 Å². The Morgan fingerprint density at radius 2 is 2.07 bits per heavy atom. The van der Waals surface area contributed by atoms with Gasteiger partial charge in [0.05, 0.1) is 0 Å². The Balaban J connectivity index is 2.01. The van der Waals surface area contributed by atoms with Gasteiger partial charge in [0, 0.05) is 32.7 Å². The maximum absolute atomic E-state index is 5.86. The van der Waals surface area contributed by atoms with E-state index in [0.29, 0.717) is 5.96 Å². The average molecular weight is 196 g/mol. The van der Waals surface area contributed by atoms with Gasteiger partial charge >= 0.3 is 0 Å². The van der Waals surface area contributed by atoms with Crippen molar-refractivity contribution in [3.8, 4) is 0 Å². The van der Waals surface area contributed by atoms with Crippen molar-refractivity contribution in [3.63, 3.8) is 0 Å². The van der Waals surface area contributed by atoms with Crippen LogP contribution in [0.3, 0.4) is 0 Å². The van der Waals surface area contributed by atoms with E-state index in [9.17, 15) is 0 Å². The lowest BCUT2D eigenvalue weighted by atomic mass is 10.2. The minimum absolute atomic E-state index is 0.707. The predicted octanol–water partition coefficient (Wildman–Crippen LogP) is 0.101. The SMILES string of the molecule is CN=C(N)N1CCCN2CCCC2C1. The first-order valence-corrected chi connectivity index (χ1v) is 5.52. The van der Waals surface area contributed by atoms with E-state index >= 15 is 0 Å². The zero-order chi connectivity index (χ0) is 9.97. The first-order chi connectivity index (χ1) is 6.81. The zero-order valence-corrected chi connectivity index (χ0v) is 8.95. The number of hydrogen-bond donors (Lipinski definition) is 1. The molecular formula is C10H20N4. The standard InChI is InChI=1S/C10H20N4/c1-12-10(11)14-7-3-6-13-5-2-4-9(13)8-14/h9H,2-8H2,1H3,(H2,11,12). The van der Waals surface area contributed by atoms with Crippen molar-refractivity contribution in [2.24, 2.45) is 10.7 Å². The molecule has 0 saturated carbocycles. The van der Waals surface area contributed by atoms with E-state index in [1.54, 1.807) is 7.05 Å². The first kappa shape index (κ1) is 9.77. The number of hydrogen-bond acceptors (Lipinski definition) is 2. The summed E-state index contributed by atoms with van der Waals surface area (Å²) in [5, 5.41) is 0. The topological polar surface area (TPSA) is 44.9 Å². The second kappa shape index (κ2) is 4.17. The van der Waals surface area contributed by atoms with Crippen LogP contribution in [-0.2, 0) is 0 Å². The third-order valence-corrected chi connectivity index (χ3v) is 3.36. The Hall–Kier alpha value is -0.770. The van der Waals surface area contributed by atoms with Gasteiger partial charge in [0.2, 0.25) is 0 Å². The molecule has 1 unspecified atom stereocenters. The molecule has 2 N–H and O–H groups in total. The van der Waals surface area contributed by atoms with Gasteiger partial charge in [-0.15, -0.1) is 0 Å². The van der Waals surface area contributed by atoms with Crippen molar-refractivity contribution in [1.29, 1.82) is 0 Å². The van der Waals surface area contributed by atoms with E-state index in [1.165, 1.54) is 32.4 Å². The summed E-state index contributed by atoms with van der Waals surface area (Å²) in [6.45, 7) is 4.65. The van der Waals surface area contributed by atoms with Crippen LogP contribution in [0.5, 0.6) is 0 Å². The van der Waals surface area contributed by atoms with E-state index < -0.39 is 0 Å². The molecule has 2 fully saturated rings. The molecular weight excluding hydrogens is 176 g/mol. The summed E-state index contributed by atoms with van der Waals surface area (Å²) < 4.78 is 0. The fourth-order valence-corrected chi connectivity index (χ4v) is 2.56. The van der Waals surface area contributed by atoms with Gasteiger partial charge in [0.15, 0.2) is 5.96 Å². The maximum atomic E-state index is 5.86. The van der Waals surface area contributed by atoms with Gasteiger partial charge in [-0.3, -0.25) is 9.89 Å². The Labute approximate surface area is 85.8 Å². The summed E-state index contributed by atoms with van der Waals surface area (Å²) in [6.07, 6.45) is 3.89. The lowest BCUT2D eigenvalue weighted by molar-refractivity contribution is 0.255. The minimum Gasteiger partial charge on any atom is -0.370 e. The van der Waals surface area contributed by atoms with E-state index in [-0.39, 0.29) is 0 Å². The van der Waals surface area contributed by atoms with Crippen LogP contribution in [-0.4, -0.2) is 55.0 Å². The van der Waals surface area contributed by atoms with Crippen LogP contribution in [0.25, 0.3) is 0 Å². The molecule has 0 radical (unpaired) electrons. The number of fused-ring (bicyclic) bond motifs is 1. The molecule has 4 heteroatoms. The summed E-state index contributed by atoms with van der Waals surface area (Å²) in [5.41, 5.74) is 5.86. The summed E-state index contributed by atoms with van der Waals surface area (Å²) in [6, 6.07) is 0.720. The molecule has 0 amide bonds. The molecule has 2 rings (SSSR count). The monoisotopic (exact) mass is 196 g/mol. The average Bonchev–Trinajstić information content (AvgIpc) is 2.54. The number of aliphatic imine (C=N–C) groups is 1. The van der Waals surface area contributed by atoms with Crippen LogP contribution < -0.4 is 5.73 Å². The summed E-state index contributed by atoms with van der Waals surface area (Å²) in [7, 11) is 1.77. The van der Waals surface area contributed by atoms with E-state index in [1.807, 2.05) is 0 Å². The molecule has 2 saturated heterocycles. The molecule has 0 aliphatic carbocycles. The fourth-order valence-electron chi connectivity index (χ4n) is 2.56. The highest BCUT2D eigenvalue weighted by molar-refractivity contribution is 5.77. The molecule has 0 aromatic rings. The van der Waals surface area contributed by atoms with E-state index in [4.69, 9.17) is 5.73 Å². The van der Waals surface area contributed by atoms with Crippen LogP contribution >= 0.6 is 0 Å². The highest BCUT2D eigenvalue weighted by atomic mass is 15.3. The Morgan fingerprint density at radius 3 is 2.86 bits per heavy atom.